The Labute approximate surface area is 92.7 Å². The van der Waals surface area contributed by atoms with Crippen molar-refractivity contribution in [2.45, 2.75) is 6.42 Å². The lowest BCUT2D eigenvalue weighted by atomic mass is 10.1. The van der Waals surface area contributed by atoms with E-state index in [0.717, 1.165) is 16.3 Å². The van der Waals surface area contributed by atoms with E-state index in [1.807, 2.05) is 24.3 Å². The first-order chi connectivity index (χ1) is 7.77. The van der Waals surface area contributed by atoms with E-state index in [0.29, 0.717) is 0 Å². The average Bonchev–Trinajstić information content (AvgIpc) is 2.29. The molecule has 0 amide bonds. The van der Waals surface area contributed by atoms with Crippen molar-refractivity contribution in [1.82, 2.24) is 4.98 Å². The molecule has 2 aromatic rings. The molecule has 3 heteroatoms. The van der Waals surface area contributed by atoms with Gasteiger partial charge in [-0.05, 0) is 12.1 Å². The monoisotopic (exact) mass is 211 g/mol. The standard InChI is InChI=1S/C13H9NO2/c15-13(16)6-2-4-10-3-1-5-11-9-14-8-7-12(10)11/h1,3,5,7-9H,6H2,(H,15,16). The summed E-state index contributed by atoms with van der Waals surface area (Å²) in [5.41, 5.74) is 0.834. The third-order valence-corrected chi connectivity index (χ3v) is 2.14. The van der Waals surface area contributed by atoms with Crippen LogP contribution in [0.2, 0.25) is 0 Å². The van der Waals surface area contributed by atoms with Gasteiger partial charge in [-0.15, -0.1) is 0 Å². The van der Waals surface area contributed by atoms with Crippen LogP contribution in [0, 0.1) is 11.8 Å². The number of benzene rings is 1. The Balaban J connectivity index is 2.43. The van der Waals surface area contributed by atoms with Gasteiger partial charge in [0.05, 0.1) is 0 Å². The molecule has 0 saturated carbocycles. The van der Waals surface area contributed by atoms with Gasteiger partial charge < -0.3 is 5.11 Å². The molecule has 1 N–H and O–H groups in total. The molecule has 0 saturated heterocycles. The molecule has 0 fully saturated rings. The lowest BCUT2D eigenvalue weighted by Crippen LogP contribution is -1.90. The van der Waals surface area contributed by atoms with Gasteiger partial charge in [0.2, 0.25) is 0 Å². The van der Waals surface area contributed by atoms with E-state index in [1.54, 1.807) is 12.4 Å². The molecule has 1 aromatic heterocycles. The summed E-state index contributed by atoms with van der Waals surface area (Å²) >= 11 is 0. The fourth-order valence-corrected chi connectivity index (χ4v) is 1.45. The highest BCUT2D eigenvalue weighted by atomic mass is 16.4. The van der Waals surface area contributed by atoms with E-state index >= 15 is 0 Å². The van der Waals surface area contributed by atoms with Gasteiger partial charge >= 0.3 is 5.97 Å². The van der Waals surface area contributed by atoms with Crippen LogP contribution in [-0.2, 0) is 4.79 Å². The van der Waals surface area contributed by atoms with Gasteiger partial charge in [0.25, 0.3) is 0 Å². The first-order valence-electron chi connectivity index (χ1n) is 4.81. The SMILES string of the molecule is O=C(O)CC#Cc1cccc2cnccc12. The number of fused-ring (bicyclic) bond motifs is 1. The Bertz CT molecular complexity index is 588. The second-order valence-electron chi connectivity index (χ2n) is 3.27. The quantitative estimate of drug-likeness (QED) is 0.734. The Morgan fingerprint density at radius 3 is 3.06 bits per heavy atom. The minimum absolute atomic E-state index is 0.137. The first-order valence-corrected chi connectivity index (χ1v) is 4.81. The summed E-state index contributed by atoms with van der Waals surface area (Å²) in [7, 11) is 0. The molecule has 0 aliphatic rings. The summed E-state index contributed by atoms with van der Waals surface area (Å²) < 4.78 is 0. The predicted molar refractivity (Wildman–Crippen MR) is 60.9 cm³/mol. The molecule has 0 unspecified atom stereocenters. The summed E-state index contributed by atoms with van der Waals surface area (Å²) in [5, 5.41) is 10.5. The van der Waals surface area contributed by atoms with Gasteiger partial charge in [0, 0.05) is 28.7 Å². The Hall–Kier alpha value is -2.34. The summed E-state index contributed by atoms with van der Waals surface area (Å²) in [6, 6.07) is 7.58. The summed E-state index contributed by atoms with van der Waals surface area (Å²) in [6.45, 7) is 0. The van der Waals surface area contributed by atoms with Crippen molar-refractivity contribution in [3.05, 3.63) is 42.2 Å². The number of nitrogens with zero attached hydrogens (tertiary/aromatic N) is 1. The van der Waals surface area contributed by atoms with Crippen molar-refractivity contribution in [2.75, 3.05) is 0 Å². The number of aliphatic carboxylic acids is 1. The van der Waals surface area contributed by atoms with E-state index in [1.165, 1.54) is 0 Å². The van der Waals surface area contributed by atoms with E-state index in [9.17, 15) is 4.79 Å². The van der Waals surface area contributed by atoms with Crippen LogP contribution in [0.25, 0.3) is 10.8 Å². The normalized spacial score (nSPS) is 9.50. The number of carbonyl (C=O) groups is 1. The molecule has 78 valence electrons. The number of carboxylic acid groups (broad SMARTS) is 1. The maximum Gasteiger partial charge on any atom is 0.315 e. The van der Waals surface area contributed by atoms with E-state index in [2.05, 4.69) is 16.8 Å². The highest BCUT2D eigenvalue weighted by molar-refractivity contribution is 5.87. The Kier molecular flexibility index (Phi) is 2.84. The number of hydrogen-bond acceptors (Lipinski definition) is 2. The van der Waals surface area contributed by atoms with Crippen molar-refractivity contribution in [2.24, 2.45) is 0 Å². The number of aromatic nitrogens is 1. The first kappa shape index (κ1) is 10.2. The van der Waals surface area contributed by atoms with Crippen LogP contribution in [0.1, 0.15) is 12.0 Å². The number of hydrogen-bond donors (Lipinski definition) is 1. The fourth-order valence-electron chi connectivity index (χ4n) is 1.45. The van der Waals surface area contributed by atoms with Crippen molar-refractivity contribution < 1.29 is 9.90 Å². The Morgan fingerprint density at radius 2 is 2.25 bits per heavy atom. The molecule has 1 aromatic carbocycles. The minimum atomic E-state index is -0.908. The van der Waals surface area contributed by atoms with Crippen LogP contribution in [0.4, 0.5) is 0 Å². The van der Waals surface area contributed by atoms with E-state index < -0.39 is 5.97 Å². The molecule has 0 radical (unpaired) electrons. The van der Waals surface area contributed by atoms with Crippen LogP contribution in [0.15, 0.2) is 36.7 Å². The van der Waals surface area contributed by atoms with E-state index in [-0.39, 0.29) is 6.42 Å². The molecule has 16 heavy (non-hydrogen) atoms. The van der Waals surface area contributed by atoms with Crippen molar-refractivity contribution in [3.63, 3.8) is 0 Å². The zero-order chi connectivity index (χ0) is 11.4. The van der Waals surface area contributed by atoms with Crippen LogP contribution in [0.5, 0.6) is 0 Å². The highest BCUT2D eigenvalue weighted by Gasteiger charge is 1.97. The van der Waals surface area contributed by atoms with Crippen molar-refractivity contribution in [3.8, 4) is 11.8 Å². The molecular weight excluding hydrogens is 202 g/mol. The molecule has 0 bridgehead atoms. The van der Waals surface area contributed by atoms with Crippen molar-refractivity contribution >= 4 is 16.7 Å². The van der Waals surface area contributed by atoms with Gasteiger partial charge in [-0.1, -0.05) is 24.0 Å². The molecule has 0 atom stereocenters. The fraction of sp³-hybridized carbons (Fsp3) is 0.0769. The zero-order valence-corrected chi connectivity index (χ0v) is 8.47. The number of pyridine rings is 1. The summed E-state index contributed by atoms with van der Waals surface area (Å²) in [5.74, 6) is 4.58. The van der Waals surface area contributed by atoms with E-state index in [4.69, 9.17) is 5.11 Å². The van der Waals surface area contributed by atoms with Crippen LogP contribution in [-0.4, -0.2) is 16.1 Å². The van der Waals surface area contributed by atoms with Crippen LogP contribution < -0.4 is 0 Å². The largest absolute Gasteiger partial charge is 0.481 e. The molecule has 0 spiro atoms. The van der Waals surface area contributed by atoms with Gasteiger partial charge in [-0.25, -0.2) is 0 Å². The van der Waals surface area contributed by atoms with Crippen LogP contribution >= 0.6 is 0 Å². The zero-order valence-electron chi connectivity index (χ0n) is 8.47. The van der Waals surface area contributed by atoms with Gasteiger partial charge in [-0.2, -0.15) is 0 Å². The van der Waals surface area contributed by atoms with Gasteiger partial charge in [-0.3, -0.25) is 9.78 Å². The summed E-state index contributed by atoms with van der Waals surface area (Å²) in [4.78, 5) is 14.4. The third-order valence-electron chi connectivity index (χ3n) is 2.14. The second-order valence-corrected chi connectivity index (χ2v) is 3.27. The number of carboxylic acids is 1. The highest BCUT2D eigenvalue weighted by Crippen LogP contribution is 2.16. The Morgan fingerprint density at radius 1 is 1.38 bits per heavy atom. The second kappa shape index (κ2) is 4.45. The molecule has 0 aliphatic carbocycles. The molecule has 0 aliphatic heterocycles. The summed E-state index contributed by atoms with van der Waals surface area (Å²) in [6.07, 6.45) is 3.32. The molecule has 2 rings (SSSR count). The maximum atomic E-state index is 10.3. The average molecular weight is 211 g/mol. The molecular formula is C13H9NO2. The van der Waals surface area contributed by atoms with Gasteiger partial charge in [0.15, 0.2) is 0 Å². The smallest absolute Gasteiger partial charge is 0.315 e. The van der Waals surface area contributed by atoms with Gasteiger partial charge in [0.1, 0.15) is 6.42 Å². The van der Waals surface area contributed by atoms with Crippen LogP contribution in [0.3, 0.4) is 0 Å². The lowest BCUT2D eigenvalue weighted by molar-refractivity contribution is -0.135. The third kappa shape index (κ3) is 2.18. The maximum absolute atomic E-state index is 10.3. The number of rotatable bonds is 1. The molecule has 1 heterocycles. The van der Waals surface area contributed by atoms with Crippen molar-refractivity contribution in [1.29, 1.82) is 0 Å². The topological polar surface area (TPSA) is 50.2 Å². The lowest BCUT2D eigenvalue weighted by Gasteiger charge is -1.98. The molecule has 3 nitrogen and oxygen atoms in total. The predicted octanol–water partition coefficient (Wildman–Crippen LogP) is 2.06. The minimum Gasteiger partial charge on any atom is -0.481 e.